The highest BCUT2D eigenvalue weighted by atomic mass is 16.3. The van der Waals surface area contributed by atoms with Crippen molar-refractivity contribution >= 4 is 40.5 Å². The van der Waals surface area contributed by atoms with Gasteiger partial charge in [0.1, 0.15) is 22.8 Å². The molecule has 4 atom stereocenters. The number of likely N-dealkylation sites (N-methyl/N-ethyl adjacent to an activating group) is 1. The predicted molar refractivity (Wildman–Crippen MR) is 174 cm³/mol. The first kappa shape index (κ1) is 33.0. The molecule has 1 aliphatic heterocycles. The number of fused-ring (bicyclic) bond motifs is 3. The maximum atomic E-state index is 14.2. The predicted octanol–water partition coefficient (Wildman–Crippen LogP) is 1.48. The van der Waals surface area contributed by atoms with Crippen LogP contribution in [0.3, 0.4) is 0 Å². The van der Waals surface area contributed by atoms with Crippen LogP contribution in [0.2, 0.25) is 0 Å². The minimum atomic E-state index is -2.72. The second-order valence-corrected chi connectivity index (χ2v) is 14.4. The van der Waals surface area contributed by atoms with Gasteiger partial charge in [-0.3, -0.25) is 24.1 Å². The van der Waals surface area contributed by atoms with Gasteiger partial charge in [0.2, 0.25) is 11.7 Å². The molecule has 0 bridgehead atoms. The fourth-order valence-corrected chi connectivity index (χ4v) is 8.64. The van der Waals surface area contributed by atoms with Crippen LogP contribution in [0.1, 0.15) is 49.7 Å². The molecule has 13 nitrogen and oxygen atoms in total. The number of phenols is 1. The number of Topliss-reactive ketones (excluding diaryl/α,β-unsaturated/α-hetero) is 2. The molecule has 1 aromatic carbocycles. The average molecular weight is 652 g/mol. The lowest BCUT2D eigenvalue weighted by molar-refractivity contribution is -0.153. The summed E-state index contributed by atoms with van der Waals surface area (Å²) in [6.45, 7) is 2.23. The van der Waals surface area contributed by atoms with E-state index >= 15 is 0 Å². The van der Waals surface area contributed by atoms with E-state index in [-0.39, 0.29) is 41.5 Å². The van der Waals surface area contributed by atoms with Crippen molar-refractivity contribution in [3.05, 3.63) is 34.1 Å². The lowest BCUT2D eigenvalue weighted by Gasteiger charge is -2.50. The van der Waals surface area contributed by atoms with Crippen LogP contribution in [0.25, 0.3) is 5.76 Å². The Bertz CT molecular complexity index is 1600. The van der Waals surface area contributed by atoms with Gasteiger partial charge < -0.3 is 41.3 Å². The molecule has 2 saturated carbocycles. The summed E-state index contributed by atoms with van der Waals surface area (Å²) in [5.41, 5.74) is 2.73. The van der Waals surface area contributed by atoms with E-state index in [0.717, 1.165) is 6.54 Å². The Balaban J connectivity index is 1.34. The van der Waals surface area contributed by atoms with E-state index in [0.29, 0.717) is 30.3 Å². The number of benzene rings is 1. The lowest BCUT2D eigenvalue weighted by Crippen LogP contribution is -2.65. The quantitative estimate of drug-likeness (QED) is 0.185. The van der Waals surface area contributed by atoms with Gasteiger partial charge in [-0.1, -0.05) is 19.3 Å². The molecule has 13 heteroatoms. The molecule has 1 heterocycles. The number of nitrogens with zero attached hydrogens (tertiary/aromatic N) is 3. The summed E-state index contributed by atoms with van der Waals surface area (Å²) in [6, 6.07) is 0.487. The van der Waals surface area contributed by atoms with Gasteiger partial charge in [-0.05, 0) is 63.2 Å². The van der Waals surface area contributed by atoms with Crippen molar-refractivity contribution in [1.29, 1.82) is 0 Å². The van der Waals surface area contributed by atoms with E-state index in [1.165, 1.54) is 37.0 Å². The number of anilines is 2. The Hall–Kier alpha value is -3.94. The van der Waals surface area contributed by atoms with Crippen LogP contribution in [0, 0.1) is 23.7 Å². The second-order valence-electron chi connectivity index (χ2n) is 14.4. The maximum Gasteiger partial charge on any atom is 0.255 e. The molecule has 1 saturated heterocycles. The van der Waals surface area contributed by atoms with E-state index in [1.54, 1.807) is 39.2 Å². The molecule has 4 aliphatic carbocycles. The van der Waals surface area contributed by atoms with Gasteiger partial charge in [0.15, 0.2) is 11.4 Å². The van der Waals surface area contributed by atoms with Gasteiger partial charge in [-0.2, -0.15) is 0 Å². The summed E-state index contributed by atoms with van der Waals surface area (Å²) in [5, 5.41) is 49.0. The number of aliphatic hydroxyl groups is 3. The first-order valence-corrected chi connectivity index (χ1v) is 16.4. The number of aromatic hydroxyl groups is 1. The monoisotopic (exact) mass is 651 g/mol. The zero-order valence-electron chi connectivity index (χ0n) is 27.4. The van der Waals surface area contributed by atoms with Crippen molar-refractivity contribution in [3.63, 3.8) is 0 Å². The average Bonchev–Trinajstić information content (AvgIpc) is 2.97. The van der Waals surface area contributed by atoms with Gasteiger partial charge in [0, 0.05) is 50.9 Å². The Labute approximate surface area is 273 Å². The SMILES string of the molecule is CN(C)c1cc(NC(=O)C2CN(CC3CCCCC3)C2)c(O)c2c1C[C@H]1C[C@H]3[C@H](N(C)C)C(=O)C(C(N)=O)=C(O)[C@@]3(O)C(=O)C1=C2O. The summed E-state index contributed by atoms with van der Waals surface area (Å²) >= 11 is 0. The van der Waals surface area contributed by atoms with Crippen molar-refractivity contribution in [1.82, 2.24) is 9.80 Å². The zero-order chi connectivity index (χ0) is 34.1. The van der Waals surface area contributed by atoms with E-state index in [1.807, 2.05) is 0 Å². The number of nitrogens with two attached hydrogens (primary N) is 1. The van der Waals surface area contributed by atoms with Crippen LogP contribution in [0.5, 0.6) is 5.75 Å². The Morgan fingerprint density at radius 3 is 2.32 bits per heavy atom. The minimum Gasteiger partial charge on any atom is -0.508 e. The molecule has 5 aliphatic rings. The molecule has 0 spiro atoms. The van der Waals surface area contributed by atoms with Crippen LogP contribution in [0.15, 0.2) is 23.0 Å². The van der Waals surface area contributed by atoms with Crippen molar-refractivity contribution in [2.45, 2.75) is 56.6 Å². The molecule has 254 valence electrons. The molecular formula is C34H45N5O8. The van der Waals surface area contributed by atoms with Crippen LogP contribution >= 0.6 is 0 Å². The van der Waals surface area contributed by atoms with Crippen molar-refractivity contribution < 1.29 is 39.6 Å². The van der Waals surface area contributed by atoms with Crippen molar-refractivity contribution in [2.75, 3.05) is 58.0 Å². The number of carbonyl (C=O) groups excluding carboxylic acids is 4. The van der Waals surface area contributed by atoms with Crippen LogP contribution in [0.4, 0.5) is 11.4 Å². The normalized spacial score (nSPS) is 28.5. The highest BCUT2D eigenvalue weighted by molar-refractivity contribution is 6.24. The number of nitrogens with one attached hydrogen (secondary N) is 1. The van der Waals surface area contributed by atoms with E-state index < -0.39 is 63.8 Å². The Morgan fingerprint density at radius 2 is 1.72 bits per heavy atom. The van der Waals surface area contributed by atoms with Crippen molar-refractivity contribution in [2.24, 2.45) is 29.4 Å². The molecule has 3 fully saturated rings. The van der Waals surface area contributed by atoms with E-state index in [9.17, 15) is 39.6 Å². The van der Waals surface area contributed by atoms with Crippen LogP contribution in [-0.4, -0.2) is 113 Å². The largest absolute Gasteiger partial charge is 0.508 e. The number of carbonyl (C=O) groups is 4. The molecule has 0 aromatic heterocycles. The van der Waals surface area contributed by atoms with E-state index in [2.05, 4.69) is 10.2 Å². The molecule has 7 N–H and O–H groups in total. The van der Waals surface area contributed by atoms with Gasteiger partial charge in [0.05, 0.1) is 23.2 Å². The number of rotatable bonds is 7. The molecule has 6 rings (SSSR count). The molecule has 0 unspecified atom stereocenters. The second kappa shape index (κ2) is 11.9. The molecule has 0 radical (unpaired) electrons. The summed E-state index contributed by atoms with van der Waals surface area (Å²) in [6.07, 6.45) is 6.40. The van der Waals surface area contributed by atoms with E-state index in [4.69, 9.17) is 5.73 Å². The fourth-order valence-electron chi connectivity index (χ4n) is 8.64. The zero-order valence-corrected chi connectivity index (χ0v) is 27.4. The van der Waals surface area contributed by atoms with Gasteiger partial charge in [0.25, 0.3) is 5.91 Å². The summed E-state index contributed by atoms with van der Waals surface area (Å²) in [5.74, 6) is -7.02. The summed E-state index contributed by atoms with van der Waals surface area (Å²) < 4.78 is 0. The third-order valence-electron chi connectivity index (χ3n) is 11.0. The number of ketones is 2. The topological polar surface area (TPSA) is 197 Å². The Morgan fingerprint density at radius 1 is 1.06 bits per heavy atom. The maximum absolute atomic E-state index is 14.2. The van der Waals surface area contributed by atoms with Crippen LogP contribution < -0.4 is 16.0 Å². The standard InChI is InChI=1S/C34H45N5O8/c1-37(2)22-12-21(36-33(46)18-14-39(15-18)13-16-8-6-5-7-9-16)27(40)24-19(22)10-17-11-20-26(38(3)4)29(42)25(32(35)45)31(44)34(20,47)30(43)23(17)28(24)41/h12,16-18,20,26,40-41,44,47H,5-11,13-15H2,1-4H3,(H2,35,45)(H,36,46)/t17-,20-,26-,34-/m0/s1. The minimum absolute atomic E-state index is 0.00306. The lowest BCUT2D eigenvalue weighted by atomic mass is 9.57. The highest BCUT2D eigenvalue weighted by Crippen LogP contribution is 2.54. The first-order valence-electron chi connectivity index (χ1n) is 16.4. The number of phenolic OH excluding ortho intramolecular Hbond substituents is 1. The van der Waals surface area contributed by atoms with Gasteiger partial charge >= 0.3 is 0 Å². The Kier molecular flexibility index (Phi) is 8.38. The third kappa shape index (κ3) is 5.19. The number of amides is 2. The number of likely N-dealkylation sites (tertiary alicyclic amines) is 1. The van der Waals surface area contributed by atoms with Crippen molar-refractivity contribution in [3.8, 4) is 5.75 Å². The first-order chi connectivity index (χ1) is 22.2. The summed E-state index contributed by atoms with van der Waals surface area (Å²) in [7, 11) is 6.68. The number of primary amides is 1. The fraction of sp³-hybridized carbons (Fsp3) is 0.588. The molecule has 1 aromatic rings. The highest BCUT2D eigenvalue weighted by Gasteiger charge is 2.64. The van der Waals surface area contributed by atoms with Gasteiger partial charge in [-0.25, -0.2) is 0 Å². The number of hydrogen-bond acceptors (Lipinski definition) is 11. The van der Waals surface area contributed by atoms with Gasteiger partial charge in [-0.15, -0.1) is 0 Å². The number of hydrogen-bond donors (Lipinski definition) is 6. The summed E-state index contributed by atoms with van der Waals surface area (Å²) in [4.78, 5) is 58.6. The molecule has 2 amide bonds. The third-order valence-corrected chi connectivity index (χ3v) is 11.0. The van der Waals surface area contributed by atoms with Crippen LogP contribution in [-0.2, 0) is 25.6 Å². The smallest absolute Gasteiger partial charge is 0.255 e. The molecular weight excluding hydrogens is 606 g/mol. The number of aliphatic hydroxyl groups excluding tert-OH is 2. The molecule has 47 heavy (non-hydrogen) atoms.